The third-order valence-electron chi connectivity index (χ3n) is 2.84. The van der Waals surface area contributed by atoms with Crippen molar-refractivity contribution in [3.63, 3.8) is 0 Å². The van der Waals surface area contributed by atoms with Crippen molar-refractivity contribution >= 4 is 17.4 Å². The molecule has 0 N–H and O–H groups in total. The lowest BCUT2D eigenvalue weighted by molar-refractivity contribution is -0.387. The lowest BCUT2D eigenvalue weighted by Gasteiger charge is -2.08. The van der Waals surface area contributed by atoms with Crippen LogP contribution in [0.4, 0.5) is 10.1 Å². The molecule has 22 heavy (non-hydrogen) atoms. The van der Waals surface area contributed by atoms with Gasteiger partial charge in [-0.15, -0.1) is 11.8 Å². The van der Waals surface area contributed by atoms with Crippen molar-refractivity contribution in [3.8, 4) is 5.69 Å². The molecule has 0 atom stereocenters. The highest BCUT2D eigenvalue weighted by molar-refractivity contribution is 7.99. The Bertz CT molecular complexity index is 861. The molecular weight excluding hydrogens is 315 g/mol. The monoisotopic (exact) mass is 326 g/mol. The molecule has 0 aliphatic rings. The average Bonchev–Trinajstić information content (AvgIpc) is 2.46. The fraction of sp³-hybridized carbons (Fsp3) is 0.250. The third-order valence-corrected chi connectivity index (χ3v) is 3.76. The first kappa shape index (κ1) is 15.9. The molecule has 0 amide bonds. The summed E-state index contributed by atoms with van der Waals surface area (Å²) in [7, 11) is 1.20. The molecular formula is C12H11FN4O4S. The van der Waals surface area contributed by atoms with E-state index in [2.05, 4.69) is 5.10 Å². The van der Waals surface area contributed by atoms with Crippen LogP contribution in [0, 0.1) is 15.9 Å². The Labute approximate surface area is 127 Å². The molecule has 0 saturated heterocycles. The van der Waals surface area contributed by atoms with Crippen molar-refractivity contribution < 1.29 is 9.31 Å². The highest BCUT2D eigenvalue weighted by Gasteiger charge is 2.21. The van der Waals surface area contributed by atoms with Gasteiger partial charge in [0.2, 0.25) is 0 Å². The predicted molar refractivity (Wildman–Crippen MR) is 78.1 cm³/mol. The van der Waals surface area contributed by atoms with Gasteiger partial charge in [0, 0.05) is 13.1 Å². The van der Waals surface area contributed by atoms with E-state index in [0.717, 1.165) is 34.7 Å². The minimum absolute atomic E-state index is 0.159. The van der Waals surface area contributed by atoms with Crippen LogP contribution in [-0.4, -0.2) is 25.0 Å². The summed E-state index contributed by atoms with van der Waals surface area (Å²) >= 11 is 1.11. The molecule has 0 fully saturated rings. The zero-order valence-electron chi connectivity index (χ0n) is 11.6. The molecule has 0 spiro atoms. The van der Waals surface area contributed by atoms with Crippen molar-refractivity contribution in [1.29, 1.82) is 0 Å². The lowest BCUT2D eigenvalue weighted by atomic mass is 10.2. The molecule has 10 heteroatoms. The molecule has 0 aliphatic heterocycles. The van der Waals surface area contributed by atoms with Gasteiger partial charge in [-0.2, -0.15) is 9.78 Å². The third kappa shape index (κ3) is 2.77. The van der Waals surface area contributed by atoms with Gasteiger partial charge in [-0.1, -0.05) is 6.92 Å². The van der Waals surface area contributed by atoms with E-state index in [-0.39, 0.29) is 16.3 Å². The molecule has 1 heterocycles. The van der Waals surface area contributed by atoms with Gasteiger partial charge in [-0.25, -0.2) is 9.18 Å². The maximum atomic E-state index is 14.2. The molecule has 2 aromatic rings. The van der Waals surface area contributed by atoms with E-state index in [1.807, 2.05) is 0 Å². The molecule has 116 valence electrons. The summed E-state index contributed by atoms with van der Waals surface area (Å²) in [5.41, 5.74) is -2.26. The molecule has 0 unspecified atom stereocenters. The van der Waals surface area contributed by atoms with E-state index in [4.69, 9.17) is 0 Å². The number of thioether (sulfide) groups is 1. The smallest absolute Gasteiger partial charge is 0.267 e. The van der Waals surface area contributed by atoms with Crippen LogP contribution in [0.5, 0.6) is 0 Å². The Morgan fingerprint density at radius 1 is 1.41 bits per heavy atom. The van der Waals surface area contributed by atoms with Crippen molar-refractivity contribution in [2.75, 3.05) is 5.75 Å². The number of nitro groups is 1. The fourth-order valence-corrected chi connectivity index (χ4v) is 2.53. The number of aromatic nitrogens is 3. The van der Waals surface area contributed by atoms with Gasteiger partial charge in [0.1, 0.15) is 11.9 Å². The van der Waals surface area contributed by atoms with Gasteiger partial charge >= 0.3 is 5.69 Å². The first-order valence-electron chi connectivity index (χ1n) is 6.13. The Hall–Kier alpha value is -2.49. The standard InChI is InChI=1S/C12H11FN4O4S/c1-3-22-10-4-7(13)8(5-9(10)17(20)21)16-12(19)15(2)11(18)6-14-16/h4-6H,3H2,1-2H3. The first-order valence-corrected chi connectivity index (χ1v) is 7.11. The van der Waals surface area contributed by atoms with E-state index in [9.17, 15) is 24.1 Å². The normalized spacial score (nSPS) is 10.7. The van der Waals surface area contributed by atoms with Crippen LogP contribution in [0.1, 0.15) is 6.92 Å². The topological polar surface area (TPSA) is 100 Å². The zero-order valence-corrected chi connectivity index (χ0v) is 12.5. The van der Waals surface area contributed by atoms with Crippen molar-refractivity contribution in [2.45, 2.75) is 11.8 Å². The number of hydrogen-bond acceptors (Lipinski definition) is 6. The van der Waals surface area contributed by atoms with Gasteiger partial charge in [0.15, 0.2) is 5.82 Å². The number of benzene rings is 1. The van der Waals surface area contributed by atoms with E-state index < -0.39 is 22.0 Å². The van der Waals surface area contributed by atoms with E-state index in [1.165, 1.54) is 7.05 Å². The largest absolute Gasteiger partial charge is 0.352 e. The average molecular weight is 326 g/mol. The number of nitro benzene ring substituents is 1. The molecule has 0 saturated carbocycles. The molecule has 0 aliphatic carbocycles. The summed E-state index contributed by atoms with van der Waals surface area (Å²) in [6.07, 6.45) is 0.835. The maximum absolute atomic E-state index is 14.2. The summed E-state index contributed by atoms with van der Waals surface area (Å²) in [5.74, 6) is -0.313. The Morgan fingerprint density at radius 3 is 2.68 bits per heavy atom. The van der Waals surface area contributed by atoms with E-state index in [0.29, 0.717) is 10.4 Å². The highest BCUT2D eigenvalue weighted by Crippen LogP contribution is 2.32. The van der Waals surface area contributed by atoms with Crippen LogP contribution in [-0.2, 0) is 7.05 Å². The fourth-order valence-electron chi connectivity index (χ4n) is 1.75. The van der Waals surface area contributed by atoms with Gasteiger partial charge in [0.25, 0.3) is 11.2 Å². The Morgan fingerprint density at radius 2 is 2.09 bits per heavy atom. The van der Waals surface area contributed by atoms with Crippen molar-refractivity contribution in [2.24, 2.45) is 7.05 Å². The molecule has 0 radical (unpaired) electrons. The zero-order chi connectivity index (χ0) is 16.4. The van der Waals surface area contributed by atoms with Crippen LogP contribution in [0.25, 0.3) is 5.69 Å². The summed E-state index contributed by atoms with van der Waals surface area (Å²) in [6, 6.07) is 1.92. The minimum Gasteiger partial charge on any atom is -0.267 e. The molecule has 8 nitrogen and oxygen atoms in total. The van der Waals surface area contributed by atoms with Gasteiger partial charge < -0.3 is 0 Å². The van der Waals surface area contributed by atoms with Crippen LogP contribution in [0.3, 0.4) is 0 Å². The maximum Gasteiger partial charge on any atom is 0.352 e. The predicted octanol–water partition coefficient (Wildman–Crippen LogP) is 1.09. The summed E-state index contributed by atoms with van der Waals surface area (Å²) < 4.78 is 15.5. The molecule has 2 rings (SSSR count). The number of halogens is 1. The number of hydrogen-bond donors (Lipinski definition) is 0. The summed E-state index contributed by atoms with van der Waals surface area (Å²) in [4.78, 5) is 33.9. The van der Waals surface area contributed by atoms with Crippen LogP contribution < -0.4 is 11.2 Å². The highest BCUT2D eigenvalue weighted by atomic mass is 32.2. The summed E-state index contributed by atoms with van der Waals surface area (Å²) in [6.45, 7) is 1.78. The first-order chi connectivity index (χ1) is 10.4. The van der Waals surface area contributed by atoms with Crippen molar-refractivity contribution in [3.05, 3.63) is 55.1 Å². The van der Waals surface area contributed by atoms with Crippen LogP contribution in [0.2, 0.25) is 0 Å². The Kier molecular flexibility index (Phi) is 4.40. The van der Waals surface area contributed by atoms with Gasteiger partial charge in [-0.05, 0) is 11.8 Å². The molecule has 1 aromatic carbocycles. The minimum atomic E-state index is -0.892. The van der Waals surface area contributed by atoms with E-state index in [1.54, 1.807) is 6.92 Å². The van der Waals surface area contributed by atoms with Gasteiger partial charge in [0.05, 0.1) is 9.82 Å². The number of nitrogens with zero attached hydrogens (tertiary/aromatic N) is 4. The van der Waals surface area contributed by atoms with Crippen LogP contribution >= 0.6 is 11.8 Å². The molecule has 1 aromatic heterocycles. The Balaban J connectivity index is 2.74. The second-order valence-corrected chi connectivity index (χ2v) is 5.50. The second kappa shape index (κ2) is 6.10. The van der Waals surface area contributed by atoms with Gasteiger partial charge in [-0.3, -0.25) is 19.5 Å². The summed E-state index contributed by atoms with van der Waals surface area (Å²) in [5, 5.41) is 14.7. The van der Waals surface area contributed by atoms with Crippen molar-refractivity contribution in [1.82, 2.24) is 14.3 Å². The lowest BCUT2D eigenvalue weighted by Crippen LogP contribution is -2.38. The van der Waals surface area contributed by atoms with Crippen LogP contribution in [0.15, 0.2) is 32.8 Å². The number of rotatable bonds is 4. The van der Waals surface area contributed by atoms with E-state index >= 15 is 0 Å². The quantitative estimate of drug-likeness (QED) is 0.474. The molecule has 0 bridgehead atoms. The SMILES string of the molecule is CCSc1cc(F)c(-n2ncc(=O)n(C)c2=O)cc1[N+](=O)[O-]. The second-order valence-electron chi connectivity index (χ2n) is 4.20.